The van der Waals surface area contributed by atoms with E-state index in [9.17, 15) is 14.0 Å². The van der Waals surface area contributed by atoms with Crippen LogP contribution >= 0.6 is 11.8 Å². The number of halogens is 1. The Bertz CT molecular complexity index is 837. The molecule has 1 aliphatic rings. The van der Waals surface area contributed by atoms with Crippen molar-refractivity contribution in [3.05, 3.63) is 59.9 Å². The number of hydrogen-bond acceptors (Lipinski definition) is 4. The van der Waals surface area contributed by atoms with Crippen LogP contribution in [0.4, 0.5) is 15.8 Å². The van der Waals surface area contributed by atoms with E-state index in [0.717, 1.165) is 23.7 Å². The fourth-order valence-electron chi connectivity index (χ4n) is 2.65. The van der Waals surface area contributed by atoms with Gasteiger partial charge in [0, 0.05) is 12.1 Å². The minimum absolute atomic E-state index is 0.0488. The third-order valence-corrected chi connectivity index (χ3v) is 5.11. The first kappa shape index (κ1) is 18.1. The Morgan fingerprint density at radius 3 is 2.46 bits per heavy atom. The van der Waals surface area contributed by atoms with Crippen molar-refractivity contribution < 1.29 is 14.0 Å². The van der Waals surface area contributed by atoms with Gasteiger partial charge in [0.25, 0.3) is 0 Å². The molecule has 1 heterocycles. The minimum atomic E-state index is -0.645. The number of anilines is 2. The molecular formula is C19H18FN3O2S. The molecule has 2 aromatic rings. The predicted molar refractivity (Wildman–Crippen MR) is 102 cm³/mol. The second-order valence-corrected chi connectivity index (χ2v) is 7.06. The second kappa shape index (κ2) is 7.70. The maximum absolute atomic E-state index is 12.9. The van der Waals surface area contributed by atoms with Crippen molar-refractivity contribution in [3.63, 3.8) is 0 Å². The Labute approximate surface area is 155 Å². The average Bonchev–Trinajstić information content (AvgIpc) is 2.90. The fourth-order valence-corrected chi connectivity index (χ4v) is 3.66. The van der Waals surface area contributed by atoms with Gasteiger partial charge in [-0.1, -0.05) is 30.8 Å². The van der Waals surface area contributed by atoms with Crippen molar-refractivity contribution in [2.75, 3.05) is 10.2 Å². The van der Waals surface area contributed by atoms with E-state index in [1.807, 2.05) is 31.2 Å². The summed E-state index contributed by atoms with van der Waals surface area (Å²) in [6.07, 6.45) is 0.847. The van der Waals surface area contributed by atoms with Gasteiger partial charge < -0.3 is 5.32 Å². The van der Waals surface area contributed by atoms with Crippen molar-refractivity contribution >= 4 is 40.1 Å². The summed E-state index contributed by atoms with van der Waals surface area (Å²) in [5.74, 6) is -1.01. The van der Waals surface area contributed by atoms with Crippen molar-refractivity contribution in [2.45, 2.75) is 25.0 Å². The van der Waals surface area contributed by atoms with E-state index in [-0.39, 0.29) is 29.2 Å². The summed E-state index contributed by atoms with van der Waals surface area (Å²) in [5, 5.41) is 10.2. The van der Waals surface area contributed by atoms with Crippen LogP contribution in [0.2, 0.25) is 0 Å². The molecule has 0 saturated carbocycles. The van der Waals surface area contributed by atoms with Gasteiger partial charge in [0.2, 0.25) is 11.8 Å². The van der Waals surface area contributed by atoms with Crippen LogP contribution in [-0.4, -0.2) is 22.2 Å². The molecule has 3 rings (SSSR count). The summed E-state index contributed by atoms with van der Waals surface area (Å²) in [5.41, 5.74) is 2.25. The van der Waals surface area contributed by atoms with Crippen molar-refractivity contribution in [3.8, 4) is 0 Å². The number of rotatable bonds is 5. The summed E-state index contributed by atoms with van der Waals surface area (Å²) in [7, 11) is 0. The van der Waals surface area contributed by atoms with E-state index in [1.54, 1.807) is 0 Å². The number of carbonyl (C=O) groups is 2. The van der Waals surface area contributed by atoms with Crippen molar-refractivity contribution in [1.82, 2.24) is 0 Å². The smallest absolute Gasteiger partial charge is 0.247 e. The van der Waals surface area contributed by atoms with E-state index in [4.69, 9.17) is 5.41 Å². The number of amidine groups is 1. The summed E-state index contributed by atoms with van der Waals surface area (Å²) < 4.78 is 12.9. The highest BCUT2D eigenvalue weighted by molar-refractivity contribution is 8.16. The van der Waals surface area contributed by atoms with Crippen LogP contribution < -0.4 is 10.2 Å². The summed E-state index contributed by atoms with van der Waals surface area (Å²) in [6, 6.07) is 12.9. The lowest BCUT2D eigenvalue weighted by Crippen LogP contribution is -2.33. The standard InChI is InChI=1S/C19H18FN3O2S/c1-2-12-3-9-15(10-4-12)23-18(25)16(26-19(23)21)11-17(24)22-14-7-5-13(20)6-8-14/h3-10,16,21H,2,11H2,1H3,(H,22,24)/t16-/m1/s1. The molecule has 2 amide bonds. The van der Waals surface area contributed by atoms with Crippen LogP contribution in [0.3, 0.4) is 0 Å². The van der Waals surface area contributed by atoms with Crippen LogP contribution in [0.25, 0.3) is 0 Å². The number of amides is 2. The minimum Gasteiger partial charge on any atom is -0.326 e. The van der Waals surface area contributed by atoms with E-state index in [0.29, 0.717) is 11.4 Å². The molecule has 0 aliphatic carbocycles. The predicted octanol–water partition coefficient (Wildman–Crippen LogP) is 3.80. The Balaban J connectivity index is 1.66. The zero-order chi connectivity index (χ0) is 18.7. The molecule has 2 N–H and O–H groups in total. The van der Waals surface area contributed by atoms with Gasteiger partial charge in [0.1, 0.15) is 11.1 Å². The quantitative estimate of drug-likeness (QED) is 0.840. The highest BCUT2D eigenvalue weighted by Gasteiger charge is 2.39. The number of aryl methyl sites for hydroxylation is 1. The van der Waals surface area contributed by atoms with E-state index >= 15 is 0 Å². The molecule has 0 bridgehead atoms. The van der Waals surface area contributed by atoms with Gasteiger partial charge >= 0.3 is 0 Å². The van der Waals surface area contributed by atoms with Crippen LogP contribution in [0.5, 0.6) is 0 Å². The highest BCUT2D eigenvalue weighted by atomic mass is 32.2. The molecule has 134 valence electrons. The van der Waals surface area contributed by atoms with Gasteiger partial charge in [-0.05, 0) is 48.4 Å². The van der Waals surface area contributed by atoms with E-state index < -0.39 is 5.25 Å². The Morgan fingerprint density at radius 1 is 1.19 bits per heavy atom. The first-order valence-corrected chi connectivity index (χ1v) is 9.09. The average molecular weight is 371 g/mol. The van der Waals surface area contributed by atoms with Gasteiger partial charge in [0.15, 0.2) is 5.17 Å². The molecule has 1 aliphatic heterocycles. The van der Waals surface area contributed by atoms with E-state index in [1.165, 1.54) is 29.2 Å². The monoisotopic (exact) mass is 371 g/mol. The molecule has 0 spiro atoms. The molecule has 1 atom stereocenters. The SMILES string of the molecule is CCc1ccc(N2C(=N)S[C@H](CC(=O)Nc3ccc(F)cc3)C2=O)cc1. The Morgan fingerprint density at radius 2 is 1.85 bits per heavy atom. The Kier molecular flexibility index (Phi) is 5.37. The molecule has 5 nitrogen and oxygen atoms in total. The molecule has 0 unspecified atom stereocenters. The lowest BCUT2D eigenvalue weighted by molar-refractivity contribution is -0.121. The van der Waals surface area contributed by atoms with Crippen LogP contribution in [0, 0.1) is 11.2 Å². The number of thioether (sulfide) groups is 1. The lowest BCUT2D eigenvalue weighted by Gasteiger charge is -2.16. The number of hydrogen-bond donors (Lipinski definition) is 2. The molecule has 1 fully saturated rings. The lowest BCUT2D eigenvalue weighted by atomic mass is 10.1. The molecule has 2 aromatic carbocycles. The second-order valence-electron chi connectivity index (χ2n) is 5.86. The van der Waals surface area contributed by atoms with Gasteiger partial charge in [-0.15, -0.1) is 0 Å². The molecule has 7 heteroatoms. The maximum Gasteiger partial charge on any atom is 0.247 e. The number of benzene rings is 2. The van der Waals surface area contributed by atoms with Gasteiger partial charge in [-0.25, -0.2) is 4.39 Å². The highest BCUT2D eigenvalue weighted by Crippen LogP contribution is 2.33. The first-order valence-electron chi connectivity index (χ1n) is 8.21. The first-order chi connectivity index (χ1) is 12.5. The molecule has 26 heavy (non-hydrogen) atoms. The third kappa shape index (κ3) is 3.94. The van der Waals surface area contributed by atoms with Crippen molar-refractivity contribution in [2.24, 2.45) is 0 Å². The summed E-state index contributed by atoms with van der Waals surface area (Å²) >= 11 is 1.07. The normalized spacial score (nSPS) is 16.8. The number of nitrogens with one attached hydrogen (secondary N) is 2. The number of carbonyl (C=O) groups excluding carboxylic acids is 2. The Hall–Kier alpha value is -2.67. The third-order valence-electron chi connectivity index (χ3n) is 4.05. The van der Waals surface area contributed by atoms with Gasteiger partial charge in [-0.3, -0.25) is 19.9 Å². The molecule has 0 aromatic heterocycles. The zero-order valence-electron chi connectivity index (χ0n) is 14.2. The van der Waals surface area contributed by atoms with Crippen LogP contribution in [-0.2, 0) is 16.0 Å². The van der Waals surface area contributed by atoms with Crippen molar-refractivity contribution in [1.29, 1.82) is 5.41 Å². The van der Waals surface area contributed by atoms with Gasteiger partial charge in [-0.2, -0.15) is 0 Å². The van der Waals surface area contributed by atoms with Crippen LogP contribution in [0.15, 0.2) is 48.5 Å². The zero-order valence-corrected chi connectivity index (χ0v) is 15.0. The molecular weight excluding hydrogens is 353 g/mol. The fraction of sp³-hybridized carbons (Fsp3) is 0.211. The summed E-state index contributed by atoms with van der Waals surface area (Å²) in [6.45, 7) is 2.05. The largest absolute Gasteiger partial charge is 0.326 e. The number of nitrogens with zero attached hydrogens (tertiary/aromatic N) is 1. The summed E-state index contributed by atoms with van der Waals surface area (Å²) in [4.78, 5) is 26.1. The molecule has 0 radical (unpaired) electrons. The topological polar surface area (TPSA) is 73.3 Å². The van der Waals surface area contributed by atoms with Crippen LogP contribution in [0.1, 0.15) is 18.9 Å². The van der Waals surface area contributed by atoms with Gasteiger partial charge in [0.05, 0.1) is 5.69 Å². The molecule has 1 saturated heterocycles. The maximum atomic E-state index is 12.9. The van der Waals surface area contributed by atoms with E-state index in [2.05, 4.69) is 5.32 Å².